The molecule has 0 fully saturated rings. The zero-order valence-electron chi connectivity index (χ0n) is 8.90. The third-order valence-electron chi connectivity index (χ3n) is 1.78. The lowest BCUT2D eigenvalue weighted by Crippen LogP contribution is -2.34. The zero-order valence-corrected chi connectivity index (χ0v) is 11.3. The van der Waals surface area contributed by atoms with Gasteiger partial charge in [-0.25, -0.2) is 18.4 Å². The van der Waals surface area contributed by atoms with Gasteiger partial charge in [-0.05, 0) is 29.7 Å². The third-order valence-corrected chi connectivity index (χ3v) is 4.86. The molecule has 2 heterocycles. The molecular formula is C9H8N4O2S3. The van der Waals surface area contributed by atoms with Gasteiger partial charge in [-0.2, -0.15) is 0 Å². The van der Waals surface area contributed by atoms with Gasteiger partial charge >= 0.3 is 0 Å². The van der Waals surface area contributed by atoms with Crippen molar-refractivity contribution in [2.45, 2.75) is 4.21 Å². The Labute approximate surface area is 113 Å². The van der Waals surface area contributed by atoms with Gasteiger partial charge in [0.2, 0.25) is 5.95 Å². The largest absolute Gasteiger partial charge is 0.300 e. The normalized spacial score (nSPS) is 10.9. The van der Waals surface area contributed by atoms with Crippen LogP contribution in [0, 0.1) is 0 Å². The molecule has 0 saturated carbocycles. The van der Waals surface area contributed by atoms with Crippen LogP contribution in [-0.4, -0.2) is 23.5 Å². The van der Waals surface area contributed by atoms with Gasteiger partial charge in [-0.15, -0.1) is 11.3 Å². The highest BCUT2D eigenvalue weighted by molar-refractivity contribution is 7.93. The Bertz CT molecular complexity index is 625. The van der Waals surface area contributed by atoms with Gasteiger partial charge in [-0.1, -0.05) is 6.07 Å². The summed E-state index contributed by atoms with van der Waals surface area (Å²) in [6, 6.07) is 4.79. The Morgan fingerprint density at radius 2 is 2.00 bits per heavy atom. The van der Waals surface area contributed by atoms with E-state index in [-0.39, 0.29) is 15.3 Å². The van der Waals surface area contributed by atoms with Crippen molar-refractivity contribution in [2.75, 3.05) is 5.32 Å². The maximum absolute atomic E-state index is 11.8. The molecule has 0 unspecified atom stereocenters. The topological polar surface area (TPSA) is 84.0 Å². The van der Waals surface area contributed by atoms with Crippen LogP contribution in [0.1, 0.15) is 0 Å². The van der Waals surface area contributed by atoms with Crippen LogP contribution in [0.4, 0.5) is 5.95 Å². The summed E-state index contributed by atoms with van der Waals surface area (Å²) in [7, 11) is -3.63. The second-order valence-corrected chi connectivity index (χ2v) is 6.33. The van der Waals surface area contributed by atoms with Gasteiger partial charge in [0, 0.05) is 12.4 Å². The van der Waals surface area contributed by atoms with Gasteiger partial charge in [-0.3, -0.25) is 4.72 Å². The lowest BCUT2D eigenvalue weighted by atomic mass is 10.7. The number of thiophene rings is 1. The summed E-state index contributed by atoms with van der Waals surface area (Å²) in [5, 5.41) is 4.18. The lowest BCUT2D eigenvalue weighted by molar-refractivity contribution is 0.595. The average molecular weight is 300 g/mol. The molecule has 0 amide bonds. The van der Waals surface area contributed by atoms with Crippen molar-refractivity contribution in [3.05, 3.63) is 36.0 Å². The van der Waals surface area contributed by atoms with E-state index in [1.807, 2.05) is 0 Å². The summed E-state index contributed by atoms with van der Waals surface area (Å²) in [4.78, 5) is 7.74. The molecule has 0 aromatic carbocycles. The molecule has 2 rings (SSSR count). The van der Waals surface area contributed by atoms with Crippen LogP contribution < -0.4 is 10.0 Å². The molecule has 0 aliphatic carbocycles. The molecule has 94 valence electrons. The fourth-order valence-electron chi connectivity index (χ4n) is 1.08. The molecule has 6 nitrogen and oxygen atoms in total. The number of nitrogens with one attached hydrogen (secondary N) is 2. The molecule has 18 heavy (non-hydrogen) atoms. The predicted octanol–water partition coefficient (Wildman–Crippen LogP) is 1.21. The van der Waals surface area contributed by atoms with E-state index in [4.69, 9.17) is 12.2 Å². The molecule has 2 aromatic rings. The Morgan fingerprint density at radius 3 is 2.61 bits per heavy atom. The van der Waals surface area contributed by atoms with Gasteiger partial charge < -0.3 is 5.32 Å². The van der Waals surface area contributed by atoms with Gasteiger partial charge in [0.1, 0.15) is 4.21 Å². The van der Waals surface area contributed by atoms with Crippen LogP contribution >= 0.6 is 23.6 Å². The first-order valence-electron chi connectivity index (χ1n) is 4.72. The van der Waals surface area contributed by atoms with Crippen molar-refractivity contribution < 1.29 is 8.42 Å². The van der Waals surface area contributed by atoms with Gasteiger partial charge in [0.25, 0.3) is 10.0 Å². The van der Waals surface area contributed by atoms with Crippen LogP contribution in [0.3, 0.4) is 0 Å². The number of hydrogen-bond acceptors (Lipinski definition) is 6. The fourth-order valence-corrected chi connectivity index (χ4v) is 3.40. The average Bonchev–Trinajstić information content (AvgIpc) is 2.83. The first-order chi connectivity index (χ1) is 8.58. The monoisotopic (exact) mass is 300 g/mol. The number of nitrogens with zero attached hydrogens (tertiary/aromatic N) is 2. The second-order valence-electron chi connectivity index (χ2n) is 3.06. The van der Waals surface area contributed by atoms with Crippen molar-refractivity contribution in [1.82, 2.24) is 14.7 Å². The van der Waals surface area contributed by atoms with Crippen LogP contribution in [0.2, 0.25) is 0 Å². The Hall–Kier alpha value is -1.58. The van der Waals surface area contributed by atoms with E-state index in [9.17, 15) is 8.42 Å². The van der Waals surface area contributed by atoms with Gasteiger partial charge in [0.05, 0.1) is 0 Å². The summed E-state index contributed by atoms with van der Waals surface area (Å²) in [5.41, 5.74) is 0. The second kappa shape index (κ2) is 5.38. The number of thiocarbonyl (C=S) groups is 1. The molecule has 2 N–H and O–H groups in total. The highest BCUT2D eigenvalue weighted by Gasteiger charge is 2.16. The number of anilines is 1. The summed E-state index contributed by atoms with van der Waals surface area (Å²) >= 11 is 5.99. The van der Waals surface area contributed by atoms with E-state index < -0.39 is 10.0 Å². The third kappa shape index (κ3) is 3.22. The SMILES string of the molecule is O=S(=O)(NC(=S)Nc1ncccn1)c1cccs1. The van der Waals surface area contributed by atoms with E-state index in [1.165, 1.54) is 18.5 Å². The Balaban J connectivity index is 2.05. The van der Waals surface area contributed by atoms with E-state index in [1.54, 1.807) is 17.5 Å². The highest BCUT2D eigenvalue weighted by Crippen LogP contribution is 2.15. The molecule has 2 aromatic heterocycles. The van der Waals surface area contributed by atoms with Crippen molar-refractivity contribution in [1.29, 1.82) is 0 Å². The summed E-state index contributed by atoms with van der Waals surface area (Å²) < 4.78 is 26.1. The number of rotatable bonds is 3. The van der Waals surface area contributed by atoms with Crippen molar-refractivity contribution in [2.24, 2.45) is 0 Å². The Kier molecular flexibility index (Phi) is 3.84. The smallest absolute Gasteiger partial charge is 0.273 e. The van der Waals surface area contributed by atoms with Crippen LogP contribution in [-0.2, 0) is 10.0 Å². The predicted molar refractivity (Wildman–Crippen MR) is 72.9 cm³/mol. The minimum Gasteiger partial charge on any atom is -0.300 e. The van der Waals surface area contributed by atoms with Crippen LogP contribution in [0.5, 0.6) is 0 Å². The standard InChI is InChI=1S/C9H8N4O2S3/c14-18(15,7-3-1-6-17-7)13-9(16)12-8-10-4-2-5-11-8/h1-6H,(H2,10,11,12,13,16). The number of sulfonamides is 1. The maximum atomic E-state index is 11.8. The number of aromatic nitrogens is 2. The minimum absolute atomic E-state index is 0.0744. The molecule has 0 aliphatic heterocycles. The quantitative estimate of drug-likeness (QED) is 0.829. The molecule has 0 atom stereocenters. The molecule has 0 saturated heterocycles. The molecular weight excluding hydrogens is 292 g/mol. The first-order valence-corrected chi connectivity index (χ1v) is 7.49. The molecule has 0 spiro atoms. The summed E-state index contributed by atoms with van der Waals surface area (Å²) in [5.74, 6) is 0.233. The molecule has 0 bridgehead atoms. The lowest BCUT2D eigenvalue weighted by Gasteiger charge is -2.08. The fraction of sp³-hybridized carbons (Fsp3) is 0. The van der Waals surface area contributed by atoms with E-state index in [2.05, 4.69) is 20.0 Å². The van der Waals surface area contributed by atoms with Crippen molar-refractivity contribution in [3.63, 3.8) is 0 Å². The van der Waals surface area contributed by atoms with Crippen LogP contribution in [0.25, 0.3) is 0 Å². The first kappa shape index (κ1) is 12.9. The summed E-state index contributed by atoms with van der Waals surface area (Å²) in [6.45, 7) is 0. The van der Waals surface area contributed by atoms with Crippen LogP contribution in [0.15, 0.2) is 40.2 Å². The molecule has 0 aliphatic rings. The maximum Gasteiger partial charge on any atom is 0.273 e. The minimum atomic E-state index is -3.63. The van der Waals surface area contributed by atoms with Gasteiger partial charge in [0.15, 0.2) is 5.11 Å². The zero-order chi connectivity index (χ0) is 13.0. The van der Waals surface area contributed by atoms with E-state index >= 15 is 0 Å². The molecule has 9 heteroatoms. The highest BCUT2D eigenvalue weighted by atomic mass is 32.2. The van der Waals surface area contributed by atoms with Crippen molar-refractivity contribution >= 4 is 44.6 Å². The summed E-state index contributed by atoms with van der Waals surface area (Å²) in [6.07, 6.45) is 3.04. The molecule has 0 radical (unpaired) electrons. The van der Waals surface area contributed by atoms with Crippen molar-refractivity contribution in [3.8, 4) is 0 Å². The van der Waals surface area contributed by atoms with E-state index in [0.29, 0.717) is 0 Å². The van der Waals surface area contributed by atoms with E-state index in [0.717, 1.165) is 11.3 Å². The Morgan fingerprint density at radius 1 is 1.28 bits per heavy atom. The number of hydrogen-bond donors (Lipinski definition) is 2.